The highest BCUT2D eigenvalue weighted by atomic mass is 79.9. The molecule has 0 heterocycles. The molecule has 0 amide bonds. The molecule has 0 aliphatic rings. The van der Waals surface area contributed by atoms with E-state index in [4.69, 9.17) is 0 Å². The number of hydrogen-bond donors (Lipinski definition) is 0. The van der Waals surface area contributed by atoms with E-state index in [0.29, 0.717) is 6.54 Å². The van der Waals surface area contributed by atoms with Gasteiger partial charge in [0, 0.05) is 13.6 Å². The lowest BCUT2D eigenvalue weighted by Crippen LogP contribution is -2.26. The SMILES string of the molecule is CCN(C)S(=O)(=O)c1ccc(F)c(Br)c1. The van der Waals surface area contributed by atoms with Gasteiger partial charge in [0.05, 0.1) is 9.37 Å². The molecule has 0 N–H and O–H groups in total. The van der Waals surface area contributed by atoms with Crippen LogP contribution in [0.3, 0.4) is 0 Å². The molecular formula is C9H11BrFNO2S. The molecule has 0 fully saturated rings. The molecule has 6 heteroatoms. The zero-order valence-corrected chi connectivity index (χ0v) is 10.8. The predicted octanol–water partition coefficient (Wildman–Crippen LogP) is 2.23. The van der Waals surface area contributed by atoms with Crippen LogP contribution in [0.4, 0.5) is 4.39 Å². The monoisotopic (exact) mass is 295 g/mol. The van der Waals surface area contributed by atoms with Crippen molar-refractivity contribution in [2.75, 3.05) is 13.6 Å². The van der Waals surface area contributed by atoms with Gasteiger partial charge in [-0.05, 0) is 34.1 Å². The van der Waals surface area contributed by atoms with Crippen LogP contribution in [0.1, 0.15) is 6.92 Å². The second-order valence-corrected chi connectivity index (χ2v) is 5.89. The van der Waals surface area contributed by atoms with Crippen molar-refractivity contribution < 1.29 is 12.8 Å². The van der Waals surface area contributed by atoms with E-state index in [1.807, 2.05) is 0 Å². The minimum atomic E-state index is -3.49. The summed E-state index contributed by atoms with van der Waals surface area (Å²) in [5, 5.41) is 0. The second kappa shape index (κ2) is 4.59. The molecule has 84 valence electrons. The first kappa shape index (κ1) is 12.6. The fourth-order valence-corrected chi connectivity index (χ4v) is 2.72. The van der Waals surface area contributed by atoms with Crippen molar-refractivity contribution in [3.05, 3.63) is 28.5 Å². The van der Waals surface area contributed by atoms with E-state index in [-0.39, 0.29) is 9.37 Å². The smallest absolute Gasteiger partial charge is 0.207 e. The topological polar surface area (TPSA) is 37.4 Å². The maximum absolute atomic E-state index is 12.9. The molecule has 0 bridgehead atoms. The van der Waals surface area contributed by atoms with E-state index in [1.165, 1.54) is 23.5 Å². The minimum absolute atomic E-state index is 0.0834. The van der Waals surface area contributed by atoms with Crippen molar-refractivity contribution in [2.45, 2.75) is 11.8 Å². The largest absolute Gasteiger partial charge is 0.242 e. The zero-order valence-electron chi connectivity index (χ0n) is 8.37. The first-order valence-electron chi connectivity index (χ1n) is 4.31. The summed E-state index contributed by atoms with van der Waals surface area (Å²) in [6.07, 6.45) is 0. The third-order valence-corrected chi connectivity index (χ3v) is 4.58. The van der Waals surface area contributed by atoms with Crippen molar-refractivity contribution in [3.8, 4) is 0 Å². The number of halogens is 2. The highest BCUT2D eigenvalue weighted by Crippen LogP contribution is 2.21. The lowest BCUT2D eigenvalue weighted by molar-refractivity contribution is 0.486. The van der Waals surface area contributed by atoms with E-state index in [0.717, 1.165) is 6.07 Å². The molecule has 0 aromatic heterocycles. The first-order chi connectivity index (χ1) is 6.89. The summed E-state index contributed by atoms with van der Waals surface area (Å²) in [4.78, 5) is 0.0834. The normalized spacial score (nSPS) is 12.1. The van der Waals surface area contributed by atoms with Crippen molar-refractivity contribution in [1.82, 2.24) is 4.31 Å². The van der Waals surface area contributed by atoms with Gasteiger partial charge in [0.15, 0.2) is 0 Å². The molecule has 0 saturated heterocycles. The fraction of sp³-hybridized carbons (Fsp3) is 0.333. The van der Waals surface area contributed by atoms with Gasteiger partial charge in [0.25, 0.3) is 0 Å². The average molecular weight is 296 g/mol. The molecule has 0 radical (unpaired) electrons. The van der Waals surface area contributed by atoms with Crippen LogP contribution in [0.5, 0.6) is 0 Å². The Morgan fingerprint density at radius 1 is 1.47 bits per heavy atom. The summed E-state index contributed by atoms with van der Waals surface area (Å²) < 4.78 is 37.9. The van der Waals surface area contributed by atoms with Gasteiger partial charge in [-0.15, -0.1) is 0 Å². The summed E-state index contributed by atoms with van der Waals surface area (Å²) >= 11 is 2.95. The number of nitrogens with zero attached hydrogens (tertiary/aromatic N) is 1. The van der Waals surface area contributed by atoms with Crippen LogP contribution in [0, 0.1) is 5.82 Å². The fourth-order valence-electron chi connectivity index (χ4n) is 0.987. The number of benzene rings is 1. The zero-order chi connectivity index (χ0) is 11.6. The number of rotatable bonds is 3. The Morgan fingerprint density at radius 2 is 2.07 bits per heavy atom. The van der Waals surface area contributed by atoms with E-state index < -0.39 is 15.8 Å². The molecule has 15 heavy (non-hydrogen) atoms. The molecule has 1 rings (SSSR count). The van der Waals surface area contributed by atoms with Crippen molar-refractivity contribution in [3.63, 3.8) is 0 Å². The summed E-state index contributed by atoms with van der Waals surface area (Å²) in [7, 11) is -2.01. The van der Waals surface area contributed by atoms with Crippen molar-refractivity contribution >= 4 is 26.0 Å². The summed E-state index contributed by atoms with van der Waals surface area (Å²) in [6, 6.07) is 3.64. The Labute approximate surface area is 97.1 Å². The van der Waals surface area contributed by atoms with E-state index in [9.17, 15) is 12.8 Å². The molecule has 0 aliphatic heterocycles. The molecule has 0 unspecified atom stereocenters. The van der Waals surface area contributed by atoms with Gasteiger partial charge in [0.1, 0.15) is 5.82 Å². The molecule has 0 spiro atoms. The second-order valence-electron chi connectivity index (χ2n) is 3.00. The lowest BCUT2D eigenvalue weighted by Gasteiger charge is -2.14. The lowest BCUT2D eigenvalue weighted by atomic mass is 10.3. The van der Waals surface area contributed by atoms with Crippen LogP contribution in [-0.2, 0) is 10.0 Å². The van der Waals surface area contributed by atoms with Gasteiger partial charge in [-0.1, -0.05) is 6.92 Å². The Morgan fingerprint density at radius 3 is 2.53 bits per heavy atom. The molecule has 0 aliphatic carbocycles. The summed E-state index contributed by atoms with van der Waals surface area (Å²) in [5.41, 5.74) is 0. The van der Waals surface area contributed by atoms with Gasteiger partial charge >= 0.3 is 0 Å². The quantitative estimate of drug-likeness (QED) is 0.857. The Kier molecular flexibility index (Phi) is 3.86. The van der Waals surface area contributed by atoms with E-state index >= 15 is 0 Å². The first-order valence-corrected chi connectivity index (χ1v) is 6.54. The van der Waals surface area contributed by atoms with E-state index in [2.05, 4.69) is 15.9 Å². The highest BCUT2D eigenvalue weighted by molar-refractivity contribution is 9.10. The molecule has 0 saturated carbocycles. The van der Waals surface area contributed by atoms with Gasteiger partial charge in [0.2, 0.25) is 10.0 Å². The number of hydrogen-bond acceptors (Lipinski definition) is 2. The van der Waals surface area contributed by atoms with E-state index in [1.54, 1.807) is 6.92 Å². The van der Waals surface area contributed by atoms with Crippen molar-refractivity contribution in [2.24, 2.45) is 0 Å². The van der Waals surface area contributed by atoms with Crippen molar-refractivity contribution in [1.29, 1.82) is 0 Å². The summed E-state index contributed by atoms with van der Waals surface area (Å²) in [5.74, 6) is -0.479. The maximum Gasteiger partial charge on any atom is 0.242 e. The minimum Gasteiger partial charge on any atom is -0.207 e. The Hall–Kier alpha value is -0.460. The maximum atomic E-state index is 12.9. The predicted molar refractivity (Wildman–Crippen MR) is 59.6 cm³/mol. The molecule has 1 aromatic carbocycles. The third kappa shape index (κ3) is 2.56. The van der Waals surface area contributed by atoms with Crippen LogP contribution in [-0.4, -0.2) is 26.3 Å². The Balaban J connectivity index is 3.23. The summed E-state index contributed by atoms with van der Waals surface area (Å²) in [6.45, 7) is 2.10. The number of sulfonamides is 1. The van der Waals surface area contributed by atoms with Gasteiger partial charge < -0.3 is 0 Å². The standard InChI is InChI=1S/C9H11BrFNO2S/c1-3-12(2)15(13,14)7-4-5-9(11)8(10)6-7/h4-6H,3H2,1-2H3. The third-order valence-electron chi connectivity index (χ3n) is 2.04. The average Bonchev–Trinajstić information content (AvgIpc) is 2.20. The molecule has 0 atom stereocenters. The van der Waals surface area contributed by atoms with Gasteiger partial charge in [-0.3, -0.25) is 0 Å². The molecule has 1 aromatic rings. The van der Waals surface area contributed by atoms with Crippen LogP contribution in [0.25, 0.3) is 0 Å². The van der Waals surface area contributed by atoms with Gasteiger partial charge in [-0.2, -0.15) is 0 Å². The highest BCUT2D eigenvalue weighted by Gasteiger charge is 2.19. The van der Waals surface area contributed by atoms with Crippen LogP contribution >= 0.6 is 15.9 Å². The van der Waals surface area contributed by atoms with Crippen LogP contribution < -0.4 is 0 Å². The Bertz CT molecular complexity index is 461. The van der Waals surface area contributed by atoms with Crippen LogP contribution in [0.15, 0.2) is 27.6 Å². The molecule has 3 nitrogen and oxygen atoms in total. The molecular weight excluding hydrogens is 285 g/mol. The van der Waals surface area contributed by atoms with Gasteiger partial charge in [-0.25, -0.2) is 17.1 Å². The van der Waals surface area contributed by atoms with Crippen LogP contribution in [0.2, 0.25) is 0 Å².